The maximum absolute atomic E-state index is 12.6. The zero-order valence-electron chi connectivity index (χ0n) is 14.1. The van der Waals surface area contributed by atoms with E-state index in [0.717, 1.165) is 5.71 Å². The van der Waals surface area contributed by atoms with E-state index >= 15 is 0 Å². The highest BCUT2D eigenvalue weighted by molar-refractivity contribution is 6.39. The van der Waals surface area contributed by atoms with Gasteiger partial charge in [0.2, 0.25) is 0 Å². The Hall–Kier alpha value is -2.84. The molecule has 0 saturated heterocycles. The number of carbonyl (C=O) groups excluding carboxylic acids is 1. The minimum absolute atomic E-state index is 0.268. The van der Waals surface area contributed by atoms with Gasteiger partial charge in [0.05, 0.1) is 33.9 Å². The first-order chi connectivity index (χ1) is 13.0. The van der Waals surface area contributed by atoms with Crippen molar-refractivity contribution in [2.75, 3.05) is 11.9 Å². The number of fused-ring (bicyclic) bond motifs is 1. The zero-order valence-corrected chi connectivity index (χ0v) is 15.7. The maximum Gasteiger partial charge on any atom is 0.258 e. The number of benzene rings is 1. The van der Waals surface area contributed by atoms with Crippen LogP contribution in [0.25, 0.3) is 11.0 Å². The van der Waals surface area contributed by atoms with Gasteiger partial charge in [-0.3, -0.25) is 4.79 Å². The van der Waals surface area contributed by atoms with Crippen molar-refractivity contribution >= 4 is 51.5 Å². The Bertz CT molecular complexity index is 1100. The number of anilines is 1. The van der Waals surface area contributed by atoms with Crippen molar-refractivity contribution in [3.05, 3.63) is 51.8 Å². The molecule has 0 unspecified atom stereocenters. The van der Waals surface area contributed by atoms with Crippen LogP contribution >= 0.6 is 23.2 Å². The number of halogens is 2. The van der Waals surface area contributed by atoms with Gasteiger partial charge in [-0.15, -0.1) is 5.10 Å². The van der Waals surface area contributed by atoms with Crippen LogP contribution in [0.1, 0.15) is 16.1 Å². The number of carbonyl (C=O) groups is 1. The quantitative estimate of drug-likeness (QED) is 0.711. The number of nitrogens with one attached hydrogen (secondary N) is 1. The van der Waals surface area contributed by atoms with Crippen molar-refractivity contribution in [3.8, 4) is 0 Å². The van der Waals surface area contributed by atoms with Crippen LogP contribution in [0, 0.1) is 6.92 Å². The predicted octanol–water partition coefficient (Wildman–Crippen LogP) is 4.12. The molecular formula is C17H13Cl2N7O. The van der Waals surface area contributed by atoms with Crippen LogP contribution in [0.4, 0.5) is 5.69 Å². The third kappa shape index (κ3) is 3.41. The number of nitrogens with zero attached hydrogens (tertiary/aromatic N) is 6. The highest BCUT2D eigenvalue weighted by atomic mass is 35.5. The van der Waals surface area contributed by atoms with E-state index in [-0.39, 0.29) is 11.5 Å². The highest BCUT2D eigenvalue weighted by Gasteiger charge is 2.20. The van der Waals surface area contributed by atoms with Crippen LogP contribution < -0.4 is 5.32 Å². The summed E-state index contributed by atoms with van der Waals surface area (Å²) in [6, 6.07) is 6.81. The number of pyridine rings is 1. The Morgan fingerprint density at radius 3 is 2.74 bits per heavy atom. The molecule has 2 aromatic heterocycles. The number of amides is 1. The first kappa shape index (κ1) is 17.6. The van der Waals surface area contributed by atoms with Gasteiger partial charge in [0.1, 0.15) is 6.54 Å². The first-order valence-corrected chi connectivity index (χ1v) is 8.79. The molecular weight excluding hydrogens is 389 g/mol. The molecule has 0 spiro atoms. The van der Waals surface area contributed by atoms with Gasteiger partial charge in [0.25, 0.3) is 5.91 Å². The molecule has 0 radical (unpaired) electrons. The molecule has 8 nitrogen and oxygen atoms in total. The molecule has 3 aromatic rings. The number of hydrogen-bond donors (Lipinski definition) is 1. The standard InChI is InChI=1S/C17H13Cl2N7O/c1-9-14-15(19)13(17(27)22-11-4-2-10(18)3-5-11)7-20-16(14)26(24-9)8-12-6-21-25-23-12/h2-5,7H,6,8H2,1H3,(H,22,27). The van der Waals surface area contributed by atoms with Gasteiger partial charge in [-0.25, -0.2) is 9.67 Å². The molecule has 0 atom stereocenters. The van der Waals surface area contributed by atoms with Crippen molar-refractivity contribution in [3.63, 3.8) is 0 Å². The molecule has 1 aromatic carbocycles. The summed E-state index contributed by atoms with van der Waals surface area (Å²) in [5, 5.41) is 20.2. The molecule has 0 fully saturated rings. The fourth-order valence-electron chi connectivity index (χ4n) is 2.77. The van der Waals surface area contributed by atoms with Gasteiger partial charge in [0.15, 0.2) is 5.65 Å². The summed E-state index contributed by atoms with van der Waals surface area (Å²) in [5.74, 6) is -0.360. The predicted molar refractivity (Wildman–Crippen MR) is 104 cm³/mol. The van der Waals surface area contributed by atoms with Crippen molar-refractivity contribution in [1.29, 1.82) is 0 Å². The van der Waals surface area contributed by atoms with Crippen LogP contribution in [0.15, 0.2) is 45.9 Å². The van der Waals surface area contributed by atoms with Gasteiger partial charge < -0.3 is 5.32 Å². The van der Waals surface area contributed by atoms with E-state index in [1.54, 1.807) is 28.9 Å². The molecule has 1 N–H and O–H groups in total. The van der Waals surface area contributed by atoms with Gasteiger partial charge >= 0.3 is 0 Å². The lowest BCUT2D eigenvalue weighted by Gasteiger charge is -2.08. The summed E-state index contributed by atoms with van der Waals surface area (Å²) in [6.07, 6.45) is 1.44. The summed E-state index contributed by atoms with van der Waals surface area (Å²) in [5.41, 5.74) is 2.91. The summed E-state index contributed by atoms with van der Waals surface area (Å²) >= 11 is 12.4. The Balaban J connectivity index is 1.66. The molecule has 3 heterocycles. The third-order valence-corrected chi connectivity index (χ3v) is 4.70. The second kappa shape index (κ2) is 7.05. The van der Waals surface area contributed by atoms with E-state index in [4.69, 9.17) is 23.2 Å². The van der Waals surface area contributed by atoms with Crippen LogP contribution in [-0.4, -0.2) is 32.9 Å². The minimum Gasteiger partial charge on any atom is -0.322 e. The van der Waals surface area contributed by atoms with E-state index in [1.807, 2.05) is 6.92 Å². The molecule has 0 saturated carbocycles. The van der Waals surface area contributed by atoms with E-state index in [9.17, 15) is 4.79 Å². The Morgan fingerprint density at radius 2 is 2.04 bits per heavy atom. The van der Waals surface area contributed by atoms with Gasteiger partial charge in [-0.2, -0.15) is 10.2 Å². The van der Waals surface area contributed by atoms with Gasteiger partial charge in [0, 0.05) is 16.9 Å². The average molecular weight is 402 g/mol. The van der Waals surface area contributed by atoms with Crippen molar-refractivity contribution < 1.29 is 4.79 Å². The van der Waals surface area contributed by atoms with Crippen molar-refractivity contribution in [1.82, 2.24) is 14.8 Å². The van der Waals surface area contributed by atoms with E-state index < -0.39 is 0 Å². The highest BCUT2D eigenvalue weighted by Crippen LogP contribution is 2.29. The van der Waals surface area contributed by atoms with Crippen molar-refractivity contribution in [2.45, 2.75) is 13.5 Å². The molecule has 136 valence electrons. The molecule has 0 aliphatic carbocycles. The van der Waals surface area contributed by atoms with E-state index in [1.165, 1.54) is 6.20 Å². The Labute approximate surface area is 163 Å². The van der Waals surface area contributed by atoms with Crippen LogP contribution in [0.2, 0.25) is 10.0 Å². The molecule has 0 bridgehead atoms. The van der Waals surface area contributed by atoms with Gasteiger partial charge in [-0.1, -0.05) is 23.2 Å². The van der Waals surface area contributed by atoms with Crippen molar-refractivity contribution in [2.24, 2.45) is 15.4 Å². The molecule has 10 heteroatoms. The third-order valence-electron chi connectivity index (χ3n) is 4.05. The molecule has 1 aliphatic rings. The molecule has 27 heavy (non-hydrogen) atoms. The number of hydrogen-bond acceptors (Lipinski definition) is 6. The summed E-state index contributed by atoms with van der Waals surface area (Å²) in [7, 11) is 0. The van der Waals surface area contributed by atoms with Crippen LogP contribution in [-0.2, 0) is 6.54 Å². The zero-order chi connectivity index (χ0) is 19.0. The summed E-state index contributed by atoms with van der Waals surface area (Å²) in [6.45, 7) is 2.67. The maximum atomic E-state index is 12.6. The number of aromatic nitrogens is 3. The lowest BCUT2D eigenvalue weighted by Crippen LogP contribution is -2.14. The smallest absolute Gasteiger partial charge is 0.258 e. The fourth-order valence-corrected chi connectivity index (χ4v) is 3.25. The summed E-state index contributed by atoms with van der Waals surface area (Å²) < 4.78 is 1.69. The normalized spacial score (nSPS) is 13.2. The second-order valence-corrected chi connectivity index (χ2v) is 6.76. The lowest BCUT2D eigenvalue weighted by molar-refractivity contribution is 0.102. The Kier molecular flexibility index (Phi) is 4.59. The first-order valence-electron chi connectivity index (χ1n) is 8.03. The lowest BCUT2D eigenvalue weighted by atomic mass is 10.2. The molecule has 1 amide bonds. The fraction of sp³-hybridized carbons (Fsp3) is 0.176. The van der Waals surface area contributed by atoms with Crippen LogP contribution in [0.5, 0.6) is 0 Å². The summed E-state index contributed by atoms with van der Waals surface area (Å²) in [4.78, 5) is 17.0. The Morgan fingerprint density at radius 1 is 1.26 bits per heavy atom. The SMILES string of the molecule is Cc1nn(CC2=NN=NC2)c2ncc(C(=O)Nc3ccc(Cl)cc3)c(Cl)c12. The number of aryl methyl sites for hydroxylation is 1. The molecule has 4 rings (SSSR count). The number of rotatable bonds is 4. The topological polar surface area (TPSA) is 96.9 Å². The largest absolute Gasteiger partial charge is 0.322 e. The second-order valence-electron chi connectivity index (χ2n) is 5.94. The van der Waals surface area contributed by atoms with E-state index in [0.29, 0.717) is 45.5 Å². The molecule has 1 aliphatic heterocycles. The van der Waals surface area contributed by atoms with Crippen LogP contribution in [0.3, 0.4) is 0 Å². The monoisotopic (exact) mass is 401 g/mol. The average Bonchev–Trinajstić information content (AvgIpc) is 3.26. The minimum atomic E-state index is -0.360. The van der Waals surface area contributed by atoms with E-state index in [2.05, 4.69) is 30.8 Å². The van der Waals surface area contributed by atoms with Gasteiger partial charge in [-0.05, 0) is 36.4 Å².